The number of hydrogen-bond acceptors (Lipinski definition) is 4. The molecule has 0 saturated heterocycles. The first-order valence-electron chi connectivity index (χ1n) is 6.55. The van der Waals surface area contributed by atoms with Crippen molar-refractivity contribution in [3.05, 3.63) is 34.9 Å². The quantitative estimate of drug-likeness (QED) is 0.488. The summed E-state index contributed by atoms with van der Waals surface area (Å²) < 4.78 is 0. The summed E-state index contributed by atoms with van der Waals surface area (Å²) in [4.78, 5) is 45.1. The van der Waals surface area contributed by atoms with E-state index in [1.165, 1.54) is 18.2 Å². The van der Waals surface area contributed by atoms with Crippen molar-refractivity contribution in [2.24, 2.45) is 22.9 Å². The van der Waals surface area contributed by atoms with Crippen molar-refractivity contribution < 1.29 is 19.2 Å². The Morgan fingerprint density at radius 3 is 2.05 bits per heavy atom. The normalized spacial score (nSPS) is 11.6. The maximum atomic E-state index is 11.6. The molecule has 0 saturated carbocycles. The summed E-state index contributed by atoms with van der Waals surface area (Å²) in [6.45, 7) is 0. The van der Waals surface area contributed by atoms with E-state index in [2.05, 4.69) is 0 Å². The molecule has 0 fully saturated rings. The molecule has 0 aliphatic carbocycles. The number of primary amides is 4. The van der Waals surface area contributed by atoms with E-state index in [1.807, 2.05) is 0 Å². The molecule has 0 spiro atoms. The van der Waals surface area contributed by atoms with Crippen LogP contribution in [0, 0.1) is 0 Å². The van der Waals surface area contributed by atoms with Crippen LogP contribution < -0.4 is 22.9 Å². The Kier molecular flexibility index (Phi) is 5.62. The van der Waals surface area contributed by atoms with Gasteiger partial charge in [-0.05, 0) is 30.5 Å². The smallest absolute Gasteiger partial charge is 0.249 e. The summed E-state index contributed by atoms with van der Waals surface area (Å²) in [6.07, 6.45) is 0.655. The molecular formula is C14H18N4O4. The number of hydrogen-bond donors (Lipinski definition) is 4. The number of carbonyl (C=O) groups excluding carboxylic acids is 4. The zero-order valence-electron chi connectivity index (χ0n) is 11.9. The highest BCUT2D eigenvalue weighted by molar-refractivity contribution is 6.00. The summed E-state index contributed by atoms with van der Waals surface area (Å²) in [5.41, 5.74) is 21.2. The molecule has 0 aromatic heterocycles. The first-order valence-corrected chi connectivity index (χ1v) is 6.55. The Balaban J connectivity index is 3.18. The van der Waals surface area contributed by atoms with Gasteiger partial charge in [-0.25, -0.2) is 0 Å². The van der Waals surface area contributed by atoms with Crippen LogP contribution in [0.15, 0.2) is 18.2 Å². The lowest BCUT2D eigenvalue weighted by molar-refractivity contribution is -0.120. The molecule has 1 atom stereocenters. The van der Waals surface area contributed by atoms with Gasteiger partial charge in [0.25, 0.3) is 0 Å². The second-order valence-corrected chi connectivity index (χ2v) is 4.84. The van der Waals surface area contributed by atoms with Gasteiger partial charge in [0.1, 0.15) is 0 Å². The zero-order valence-corrected chi connectivity index (χ0v) is 11.9. The fraction of sp³-hybridized carbons (Fsp3) is 0.286. The van der Waals surface area contributed by atoms with Crippen molar-refractivity contribution in [1.29, 1.82) is 0 Å². The number of rotatable bonds is 8. The van der Waals surface area contributed by atoms with Gasteiger partial charge in [-0.15, -0.1) is 0 Å². The molecule has 0 radical (unpaired) electrons. The van der Waals surface area contributed by atoms with Crippen molar-refractivity contribution >= 4 is 23.6 Å². The van der Waals surface area contributed by atoms with Crippen LogP contribution in [-0.2, 0) is 9.59 Å². The molecule has 0 aliphatic heterocycles. The van der Waals surface area contributed by atoms with Gasteiger partial charge in [-0.3, -0.25) is 19.2 Å². The fourth-order valence-electron chi connectivity index (χ4n) is 2.16. The average molecular weight is 306 g/mol. The van der Waals surface area contributed by atoms with Gasteiger partial charge >= 0.3 is 0 Å². The van der Waals surface area contributed by atoms with E-state index in [9.17, 15) is 19.2 Å². The third kappa shape index (κ3) is 4.30. The molecule has 1 rings (SSSR count). The number of nitrogens with two attached hydrogens (primary N) is 4. The summed E-state index contributed by atoms with van der Waals surface area (Å²) in [6, 6.07) is 4.03. The Labute approximate surface area is 126 Å². The highest BCUT2D eigenvalue weighted by Gasteiger charge is 2.23. The van der Waals surface area contributed by atoms with Gasteiger partial charge in [0.2, 0.25) is 23.6 Å². The van der Waals surface area contributed by atoms with E-state index < -0.39 is 29.5 Å². The van der Waals surface area contributed by atoms with Crippen LogP contribution in [0.3, 0.4) is 0 Å². The van der Waals surface area contributed by atoms with E-state index in [-0.39, 0.29) is 24.0 Å². The summed E-state index contributed by atoms with van der Waals surface area (Å²) >= 11 is 0. The maximum absolute atomic E-state index is 11.6. The van der Waals surface area contributed by atoms with Crippen LogP contribution >= 0.6 is 0 Å². The minimum atomic E-state index is -0.816. The van der Waals surface area contributed by atoms with Gasteiger partial charge in [-0.2, -0.15) is 0 Å². The van der Waals surface area contributed by atoms with Gasteiger partial charge in [0, 0.05) is 17.5 Å². The molecule has 1 unspecified atom stereocenters. The van der Waals surface area contributed by atoms with Crippen LogP contribution in [0.25, 0.3) is 0 Å². The predicted molar refractivity (Wildman–Crippen MR) is 78.5 cm³/mol. The summed E-state index contributed by atoms with van der Waals surface area (Å²) in [7, 11) is 0. The summed E-state index contributed by atoms with van der Waals surface area (Å²) in [5, 5.41) is 0. The van der Waals surface area contributed by atoms with E-state index in [1.54, 1.807) is 0 Å². The highest BCUT2D eigenvalue weighted by atomic mass is 16.2. The molecule has 8 nitrogen and oxygen atoms in total. The lowest BCUT2D eigenvalue weighted by Crippen LogP contribution is -2.26. The van der Waals surface area contributed by atoms with E-state index in [0.29, 0.717) is 12.0 Å². The largest absolute Gasteiger partial charge is 0.370 e. The second-order valence-electron chi connectivity index (χ2n) is 4.84. The Bertz CT molecular complexity index is 627. The van der Waals surface area contributed by atoms with E-state index >= 15 is 0 Å². The van der Waals surface area contributed by atoms with Crippen molar-refractivity contribution in [3.63, 3.8) is 0 Å². The molecule has 0 aliphatic rings. The molecule has 8 N–H and O–H groups in total. The predicted octanol–water partition coefficient (Wildman–Crippen LogP) is -0.891. The minimum absolute atomic E-state index is 0.000764. The molecule has 0 bridgehead atoms. The molecule has 118 valence electrons. The number of carbonyl (C=O) groups is 4. The molecule has 0 heterocycles. The van der Waals surface area contributed by atoms with Crippen molar-refractivity contribution in [2.75, 3.05) is 0 Å². The first-order chi connectivity index (χ1) is 10.2. The third-order valence-corrected chi connectivity index (χ3v) is 3.24. The number of benzene rings is 1. The Morgan fingerprint density at radius 1 is 0.955 bits per heavy atom. The van der Waals surface area contributed by atoms with Gasteiger partial charge in [-0.1, -0.05) is 6.07 Å². The zero-order chi connectivity index (χ0) is 16.9. The number of amides is 4. The first kappa shape index (κ1) is 17.2. The van der Waals surface area contributed by atoms with E-state index in [0.717, 1.165) is 0 Å². The van der Waals surface area contributed by atoms with Crippen molar-refractivity contribution in [2.45, 2.75) is 25.2 Å². The van der Waals surface area contributed by atoms with Crippen LogP contribution in [0.1, 0.15) is 51.5 Å². The van der Waals surface area contributed by atoms with Crippen LogP contribution in [0.4, 0.5) is 0 Å². The second kappa shape index (κ2) is 7.21. The molecule has 4 amide bonds. The topological polar surface area (TPSA) is 172 Å². The summed E-state index contributed by atoms with van der Waals surface area (Å²) in [5.74, 6) is -3.51. The molecular weight excluding hydrogens is 288 g/mol. The van der Waals surface area contributed by atoms with Crippen LogP contribution in [0.2, 0.25) is 0 Å². The fourth-order valence-corrected chi connectivity index (χ4v) is 2.16. The van der Waals surface area contributed by atoms with E-state index in [4.69, 9.17) is 22.9 Å². The standard InChI is InChI=1S/C14H18N4O4/c15-11(19)3-1-2-9(13(17)21)8-5-4-7(12(16)20)6-10(8)14(18)22/h4-6,9H,1-3H2,(H2,15,19)(H2,16,20)(H2,17,21)(H2,18,22). The molecule has 8 heteroatoms. The van der Waals surface area contributed by atoms with Crippen LogP contribution in [0.5, 0.6) is 0 Å². The monoisotopic (exact) mass is 306 g/mol. The lowest BCUT2D eigenvalue weighted by Gasteiger charge is -2.17. The van der Waals surface area contributed by atoms with Gasteiger partial charge < -0.3 is 22.9 Å². The molecule has 1 aromatic carbocycles. The molecule has 1 aromatic rings. The molecule has 22 heavy (non-hydrogen) atoms. The van der Waals surface area contributed by atoms with Crippen molar-refractivity contribution in [3.8, 4) is 0 Å². The minimum Gasteiger partial charge on any atom is -0.370 e. The maximum Gasteiger partial charge on any atom is 0.249 e. The highest BCUT2D eigenvalue weighted by Crippen LogP contribution is 2.26. The van der Waals surface area contributed by atoms with Gasteiger partial charge in [0.05, 0.1) is 5.92 Å². The lowest BCUT2D eigenvalue weighted by atomic mass is 9.88. The van der Waals surface area contributed by atoms with Crippen LogP contribution in [-0.4, -0.2) is 23.6 Å². The third-order valence-electron chi connectivity index (χ3n) is 3.24. The Morgan fingerprint density at radius 2 is 1.59 bits per heavy atom. The SMILES string of the molecule is NC(=O)CCCC(C(N)=O)c1ccc(C(N)=O)cc1C(N)=O. The average Bonchev–Trinajstić information content (AvgIpc) is 2.42. The van der Waals surface area contributed by atoms with Gasteiger partial charge in [0.15, 0.2) is 0 Å². The van der Waals surface area contributed by atoms with Crippen molar-refractivity contribution in [1.82, 2.24) is 0 Å². The Hall–Kier alpha value is -2.90.